The van der Waals surface area contributed by atoms with Gasteiger partial charge in [0, 0.05) is 25.0 Å². The van der Waals surface area contributed by atoms with Gasteiger partial charge in [0.15, 0.2) is 17.3 Å². The summed E-state index contributed by atoms with van der Waals surface area (Å²) in [5.41, 5.74) is -0.227. The highest BCUT2D eigenvalue weighted by Gasteiger charge is 2.18. The van der Waals surface area contributed by atoms with Crippen molar-refractivity contribution in [1.82, 2.24) is 20.1 Å². The number of hydrogen-bond donors (Lipinski definition) is 1. The first-order valence-electron chi connectivity index (χ1n) is 8.39. The summed E-state index contributed by atoms with van der Waals surface area (Å²) < 4.78 is 33.3. The number of benzene rings is 1. The third kappa shape index (κ3) is 4.20. The second-order valence-electron chi connectivity index (χ2n) is 5.68. The van der Waals surface area contributed by atoms with Crippen molar-refractivity contribution >= 4 is 5.91 Å². The van der Waals surface area contributed by atoms with Crippen LogP contribution in [-0.2, 0) is 6.54 Å². The normalized spacial score (nSPS) is 10.5. The Hall–Kier alpha value is -3.62. The molecule has 0 atom stereocenters. The van der Waals surface area contributed by atoms with Crippen LogP contribution in [0.4, 0.5) is 8.78 Å². The standard InChI is InChI=1S/C19H16F2N4O3/c1-2-28-17-9-16(26)18(19(27)23-11-12-4-3-7-22-10-12)24-25(17)13-5-6-14(20)15(21)8-13/h3-10H,2,11H2,1H3,(H,23,27). The molecule has 0 aliphatic heterocycles. The minimum atomic E-state index is -1.09. The van der Waals surface area contributed by atoms with E-state index in [2.05, 4.69) is 15.4 Å². The van der Waals surface area contributed by atoms with Crippen molar-refractivity contribution < 1.29 is 18.3 Å². The van der Waals surface area contributed by atoms with Crippen molar-refractivity contribution in [3.63, 3.8) is 0 Å². The zero-order valence-electron chi connectivity index (χ0n) is 14.9. The maximum absolute atomic E-state index is 13.6. The maximum atomic E-state index is 13.6. The molecule has 0 saturated heterocycles. The molecule has 1 N–H and O–H groups in total. The highest BCUT2D eigenvalue weighted by molar-refractivity contribution is 5.92. The molecule has 0 unspecified atom stereocenters. The lowest BCUT2D eigenvalue weighted by Crippen LogP contribution is -2.31. The number of carbonyl (C=O) groups is 1. The Morgan fingerprint density at radius 2 is 2.04 bits per heavy atom. The minimum Gasteiger partial charge on any atom is -0.478 e. The maximum Gasteiger partial charge on any atom is 0.276 e. The van der Waals surface area contributed by atoms with E-state index in [1.54, 1.807) is 31.5 Å². The number of halogens is 2. The number of nitrogens with zero attached hydrogens (tertiary/aromatic N) is 3. The molecule has 7 nitrogen and oxygen atoms in total. The quantitative estimate of drug-likeness (QED) is 0.702. The van der Waals surface area contributed by atoms with Crippen LogP contribution in [0.1, 0.15) is 23.0 Å². The Kier molecular flexibility index (Phi) is 5.73. The number of aromatic nitrogens is 3. The van der Waals surface area contributed by atoms with Crippen LogP contribution < -0.4 is 15.5 Å². The largest absolute Gasteiger partial charge is 0.478 e. The van der Waals surface area contributed by atoms with E-state index in [1.165, 1.54) is 6.07 Å². The van der Waals surface area contributed by atoms with E-state index in [0.717, 1.165) is 28.4 Å². The van der Waals surface area contributed by atoms with Crippen molar-refractivity contribution in [3.05, 3.63) is 81.9 Å². The Morgan fingerprint density at radius 3 is 2.71 bits per heavy atom. The number of nitrogens with one attached hydrogen (secondary N) is 1. The van der Waals surface area contributed by atoms with Gasteiger partial charge >= 0.3 is 0 Å². The molecule has 9 heteroatoms. The summed E-state index contributed by atoms with van der Waals surface area (Å²) in [4.78, 5) is 28.7. The molecule has 0 aliphatic carbocycles. The first-order chi connectivity index (χ1) is 13.5. The molecule has 1 amide bonds. The predicted octanol–water partition coefficient (Wildman–Crippen LogP) is 2.23. The predicted molar refractivity (Wildman–Crippen MR) is 96.3 cm³/mol. The van der Waals surface area contributed by atoms with Crippen LogP contribution in [0.3, 0.4) is 0 Å². The van der Waals surface area contributed by atoms with Crippen LogP contribution in [0.25, 0.3) is 5.69 Å². The fraction of sp³-hybridized carbons (Fsp3) is 0.158. The number of carbonyl (C=O) groups excluding carboxylic acids is 1. The molecule has 3 rings (SSSR count). The summed E-state index contributed by atoms with van der Waals surface area (Å²) in [6.45, 7) is 2.04. The van der Waals surface area contributed by atoms with Crippen LogP contribution in [-0.4, -0.2) is 27.3 Å². The average Bonchev–Trinajstić information content (AvgIpc) is 2.69. The van der Waals surface area contributed by atoms with Crippen LogP contribution in [0.5, 0.6) is 5.88 Å². The molecule has 144 valence electrons. The van der Waals surface area contributed by atoms with Crippen molar-refractivity contribution in [2.24, 2.45) is 0 Å². The Labute approximate surface area is 158 Å². The third-order valence-electron chi connectivity index (χ3n) is 3.73. The Balaban J connectivity index is 1.96. The molecule has 1 aromatic carbocycles. The number of hydrogen-bond acceptors (Lipinski definition) is 5. The number of rotatable bonds is 6. The summed E-state index contributed by atoms with van der Waals surface area (Å²) in [5, 5.41) is 6.58. The van der Waals surface area contributed by atoms with Gasteiger partial charge in [-0.2, -0.15) is 5.10 Å². The molecular formula is C19H16F2N4O3. The lowest BCUT2D eigenvalue weighted by molar-refractivity contribution is 0.0942. The van der Waals surface area contributed by atoms with Crippen LogP contribution in [0.2, 0.25) is 0 Å². The van der Waals surface area contributed by atoms with Gasteiger partial charge < -0.3 is 10.1 Å². The SMILES string of the molecule is CCOc1cc(=O)c(C(=O)NCc2cccnc2)nn1-c1ccc(F)c(F)c1. The lowest BCUT2D eigenvalue weighted by atomic mass is 10.2. The summed E-state index contributed by atoms with van der Waals surface area (Å²) in [7, 11) is 0. The van der Waals surface area contributed by atoms with E-state index in [0.29, 0.717) is 0 Å². The lowest BCUT2D eigenvalue weighted by Gasteiger charge is -2.14. The summed E-state index contributed by atoms with van der Waals surface area (Å²) in [6, 6.07) is 7.63. The molecule has 0 saturated carbocycles. The first kappa shape index (κ1) is 19.2. The summed E-state index contributed by atoms with van der Waals surface area (Å²) >= 11 is 0. The molecule has 0 bridgehead atoms. The second-order valence-corrected chi connectivity index (χ2v) is 5.68. The molecule has 2 aromatic heterocycles. The van der Waals surface area contributed by atoms with E-state index in [4.69, 9.17) is 4.74 Å². The van der Waals surface area contributed by atoms with E-state index < -0.39 is 28.7 Å². The van der Waals surface area contributed by atoms with Gasteiger partial charge in [-0.15, -0.1) is 0 Å². The Bertz CT molecular complexity index is 1050. The zero-order chi connectivity index (χ0) is 20.1. The van der Waals surface area contributed by atoms with Crippen molar-refractivity contribution in [3.8, 4) is 11.6 Å². The molecule has 2 heterocycles. The fourth-order valence-electron chi connectivity index (χ4n) is 2.42. The first-order valence-corrected chi connectivity index (χ1v) is 8.39. The molecule has 0 radical (unpaired) electrons. The average molecular weight is 386 g/mol. The van der Waals surface area contributed by atoms with Gasteiger partial charge in [-0.25, -0.2) is 13.5 Å². The van der Waals surface area contributed by atoms with Gasteiger partial charge in [0.1, 0.15) is 0 Å². The highest BCUT2D eigenvalue weighted by Crippen LogP contribution is 2.18. The molecule has 3 aromatic rings. The monoisotopic (exact) mass is 386 g/mol. The van der Waals surface area contributed by atoms with Crippen LogP contribution in [0, 0.1) is 11.6 Å². The van der Waals surface area contributed by atoms with Crippen molar-refractivity contribution in [2.75, 3.05) is 6.61 Å². The molecule has 0 fully saturated rings. The van der Waals surface area contributed by atoms with Gasteiger partial charge in [-0.3, -0.25) is 14.6 Å². The van der Waals surface area contributed by atoms with E-state index in [9.17, 15) is 18.4 Å². The number of ether oxygens (including phenoxy) is 1. The molecule has 0 aliphatic rings. The van der Waals surface area contributed by atoms with E-state index >= 15 is 0 Å². The fourth-order valence-corrected chi connectivity index (χ4v) is 2.42. The zero-order valence-corrected chi connectivity index (χ0v) is 14.9. The van der Waals surface area contributed by atoms with Gasteiger partial charge in [0.05, 0.1) is 18.4 Å². The molecular weight excluding hydrogens is 370 g/mol. The number of amides is 1. The minimum absolute atomic E-state index is 0.00215. The second kappa shape index (κ2) is 8.38. The highest BCUT2D eigenvalue weighted by atomic mass is 19.2. The third-order valence-corrected chi connectivity index (χ3v) is 3.73. The number of pyridine rings is 1. The van der Waals surface area contributed by atoms with Crippen molar-refractivity contribution in [2.45, 2.75) is 13.5 Å². The van der Waals surface area contributed by atoms with Gasteiger partial charge in [0.2, 0.25) is 11.3 Å². The smallest absolute Gasteiger partial charge is 0.276 e. The van der Waals surface area contributed by atoms with Crippen LogP contribution >= 0.6 is 0 Å². The van der Waals surface area contributed by atoms with Gasteiger partial charge in [-0.05, 0) is 30.7 Å². The summed E-state index contributed by atoms with van der Waals surface area (Å²) in [5.74, 6) is -2.84. The molecule has 28 heavy (non-hydrogen) atoms. The molecule has 0 spiro atoms. The Morgan fingerprint density at radius 1 is 1.21 bits per heavy atom. The van der Waals surface area contributed by atoms with Gasteiger partial charge in [0.25, 0.3) is 5.91 Å². The van der Waals surface area contributed by atoms with Crippen molar-refractivity contribution in [1.29, 1.82) is 0 Å². The summed E-state index contributed by atoms with van der Waals surface area (Å²) in [6.07, 6.45) is 3.17. The topological polar surface area (TPSA) is 86.1 Å². The van der Waals surface area contributed by atoms with E-state index in [1.807, 2.05) is 0 Å². The van der Waals surface area contributed by atoms with E-state index in [-0.39, 0.29) is 24.7 Å². The van der Waals surface area contributed by atoms with Crippen LogP contribution in [0.15, 0.2) is 53.6 Å². The van der Waals surface area contributed by atoms with Gasteiger partial charge in [-0.1, -0.05) is 6.07 Å².